The number of ether oxygens (including phenoxy) is 4. The van der Waals surface area contributed by atoms with E-state index in [0.29, 0.717) is 53.5 Å². The van der Waals surface area contributed by atoms with Crippen LogP contribution in [0.25, 0.3) is 0 Å². The second-order valence-corrected chi connectivity index (χ2v) is 8.08. The normalized spacial score (nSPS) is 15.5. The first-order valence-electron chi connectivity index (χ1n) is 9.65. The lowest BCUT2D eigenvalue weighted by molar-refractivity contribution is 0.0523. The van der Waals surface area contributed by atoms with Crippen molar-refractivity contribution in [2.24, 2.45) is 0 Å². The van der Waals surface area contributed by atoms with Crippen molar-refractivity contribution in [3.05, 3.63) is 40.2 Å². The van der Waals surface area contributed by atoms with Crippen LogP contribution >= 0.6 is 11.8 Å². The summed E-state index contributed by atoms with van der Waals surface area (Å²) in [7, 11) is 4.68. The Balaban J connectivity index is 1.92. The van der Waals surface area contributed by atoms with Gasteiger partial charge in [-0.25, -0.2) is 4.79 Å². The predicted molar refractivity (Wildman–Crippen MR) is 116 cm³/mol. The van der Waals surface area contributed by atoms with E-state index in [1.165, 1.54) is 0 Å². The molecule has 0 amide bonds. The first-order valence-corrected chi connectivity index (χ1v) is 11.0. The Labute approximate surface area is 180 Å². The number of ketones is 1. The summed E-state index contributed by atoms with van der Waals surface area (Å²) in [5.74, 6) is 1.85. The molecule has 30 heavy (non-hydrogen) atoms. The number of carbonyl (C=O) groups is 2. The van der Waals surface area contributed by atoms with Crippen LogP contribution in [0.1, 0.15) is 50.0 Å². The van der Waals surface area contributed by atoms with Crippen LogP contribution in [0.15, 0.2) is 12.1 Å². The summed E-state index contributed by atoms with van der Waals surface area (Å²) in [6.45, 7) is 2.13. The number of nitrogens with one attached hydrogen (secondary N) is 1. The lowest BCUT2D eigenvalue weighted by Crippen LogP contribution is -2.19. The Morgan fingerprint density at radius 3 is 2.37 bits per heavy atom. The number of esters is 1. The summed E-state index contributed by atoms with van der Waals surface area (Å²) in [6, 6.07) is 3.75. The lowest BCUT2D eigenvalue weighted by Gasteiger charge is -2.24. The standard InChI is InChI=1S/C22H27NO6S/c1-12-19-15(23-20(12)22(25)29-6-7-30-5)8-13(9-16(19)24)14-10-17(26-2)21(28-4)18(11-14)27-3/h10-11,13,23H,6-9H2,1-5H3. The highest BCUT2D eigenvalue weighted by Crippen LogP contribution is 2.43. The van der Waals surface area contributed by atoms with E-state index in [4.69, 9.17) is 18.9 Å². The van der Waals surface area contributed by atoms with E-state index in [-0.39, 0.29) is 11.7 Å². The number of H-pyrrole nitrogens is 1. The third kappa shape index (κ3) is 4.14. The molecule has 1 heterocycles. The number of hydrogen-bond donors (Lipinski definition) is 1. The van der Waals surface area contributed by atoms with Crippen LogP contribution in [0, 0.1) is 6.92 Å². The Hall–Kier alpha value is -2.61. The predicted octanol–water partition coefficient (Wildman–Crippen LogP) is 3.78. The van der Waals surface area contributed by atoms with Gasteiger partial charge in [0.1, 0.15) is 12.3 Å². The van der Waals surface area contributed by atoms with Crippen LogP contribution in [-0.4, -0.2) is 56.7 Å². The second-order valence-electron chi connectivity index (χ2n) is 7.09. The smallest absolute Gasteiger partial charge is 0.355 e. The summed E-state index contributed by atoms with van der Waals surface area (Å²) in [6.07, 6.45) is 2.89. The minimum Gasteiger partial charge on any atom is -0.493 e. The van der Waals surface area contributed by atoms with Crippen molar-refractivity contribution >= 4 is 23.5 Å². The molecule has 3 rings (SSSR count). The van der Waals surface area contributed by atoms with Crippen LogP contribution in [0.2, 0.25) is 0 Å². The highest BCUT2D eigenvalue weighted by molar-refractivity contribution is 7.98. The number of aromatic nitrogens is 1. The molecule has 0 saturated carbocycles. The number of fused-ring (bicyclic) bond motifs is 1. The summed E-state index contributed by atoms with van der Waals surface area (Å²) >= 11 is 1.61. The van der Waals surface area contributed by atoms with Gasteiger partial charge in [0.2, 0.25) is 5.75 Å². The molecule has 0 aliphatic heterocycles. The molecule has 0 fully saturated rings. The maximum absolute atomic E-state index is 13.0. The molecule has 2 aromatic rings. The Bertz CT molecular complexity index is 926. The quantitative estimate of drug-likeness (QED) is 0.501. The molecule has 0 bridgehead atoms. The van der Waals surface area contributed by atoms with Gasteiger partial charge in [-0.05, 0) is 48.8 Å². The Kier molecular flexibility index (Phi) is 6.97. The molecular formula is C22H27NO6S. The van der Waals surface area contributed by atoms with Gasteiger partial charge in [-0.2, -0.15) is 11.8 Å². The topological polar surface area (TPSA) is 86.9 Å². The van der Waals surface area contributed by atoms with Crippen molar-refractivity contribution in [1.82, 2.24) is 4.98 Å². The van der Waals surface area contributed by atoms with E-state index in [9.17, 15) is 9.59 Å². The third-order valence-corrected chi connectivity index (χ3v) is 5.95. The molecule has 1 aliphatic rings. The van der Waals surface area contributed by atoms with Crippen LogP contribution in [0.4, 0.5) is 0 Å². The van der Waals surface area contributed by atoms with Crippen molar-refractivity contribution in [2.75, 3.05) is 39.9 Å². The molecule has 0 saturated heterocycles. The van der Waals surface area contributed by atoms with Gasteiger partial charge in [0.15, 0.2) is 17.3 Å². The van der Waals surface area contributed by atoms with Gasteiger partial charge < -0.3 is 23.9 Å². The molecule has 1 N–H and O–H groups in total. The summed E-state index contributed by atoms with van der Waals surface area (Å²) < 4.78 is 21.6. The van der Waals surface area contributed by atoms with Crippen LogP contribution in [0.5, 0.6) is 17.2 Å². The minimum absolute atomic E-state index is 0.00640. The molecule has 1 unspecified atom stereocenters. The van der Waals surface area contributed by atoms with E-state index in [0.717, 1.165) is 17.0 Å². The Morgan fingerprint density at radius 2 is 1.80 bits per heavy atom. The fourth-order valence-corrected chi connectivity index (χ4v) is 4.15. The van der Waals surface area contributed by atoms with E-state index < -0.39 is 5.97 Å². The van der Waals surface area contributed by atoms with Gasteiger partial charge in [-0.3, -0.25) is 4.79 Å². The van der Waals surface area contributed by atoms with Crippen molar-refractivity contribution in [1.29, 1.82) is 0 Å². The number of hydrogen-bond acceptors (Lipinski definition) is 7. The first-order chi connectivity index (χ1) is 14.4. The molecule has 7 nitrogen and oxygen atoms in total. The van der Waals surface area contributed by atoms with Crippen LogP contribution < -0.4 is 14.2 Å². The van der Waals surface area contributed by atoms with Crippen molar-refractivity contribution in [2.45, 2.75) is 25.7 Å². The molecule has 1 aromatic heterocycles. The largest absolute Gasteiger partial charge is 0.493 e. The molecule has 0 radical (unpaired) electrons. The highest BCUT2D eigenvalue weighted by atomic mass is 32.2. The van der Waals surface area contributed by atoms with Gasteiger partial charge in [-0.15, -0.1) is 0 Å². The zero-order valence-electron chi connectivity index (χ0n) is 17.9. The van der Waals surface area contributed by atoms with Crippen molar-refractivity contribution in [3.63, 3.8) is 0 Å². The van der Waals surface area contributed by atoms with E-state index in [1.807, 2.05) is 18.4 Å². The van der Waals surface area contributed by atoms with Crippen molar-refractivity contribution in [3.8, 4) is 17.2 Å². The average molecular weight is 434 g/mol. The van der Waals surface area contributed by atoms with E-state index in [1.54, 1.807) is 40.0 Å². The molecule has 1 atom stereocenters. The average Bonchev–Trinajstić information content (AvgIpc) is 3.09. The number of Topliss-reactive ketones (excluding diaryl/α,β-unsaturated/α-hetero) is 1. The molecule has 0 spiro atoms. The van der Waals surface area contributed by atoms with Gasteiger partial charge in [0, 0.05) is 23.4 Å². The summed E-state index contributed by atoms with van der Waals surface area (Å²) in [5.41, 5.74) is 3.31. The van der Waals surface area contributed by atoms with Crippen molar-refractivity contribution < 1.29 is 28.5 Å². The monoisotopic (exact) mass is 433 g/mol. The molecule has 1 aromatic carbocycles. The molecule has 162 valence electrons. The van der Waals surface area contributed by atoms with Crippen LogP contribution in [0.3, 0.4) is 0 Å². The maximum Gasteiger partial charge on any atom is 0.355 e. The third-order valence-electron chi connectivity index (χ3n) is 5.37. The summed E-state index contributed by atoms with van der Waals surface area (Å²) in [4.78, 5) is 28.5. The first kappa shape index (κ1) is 22.1. The zero-order valence-corrected chi connectivity index (χ0v) is 18.7. The zero-order chi connectivity index (χ0) is 21.8. The SMILES string of the molecule is COc1cc(C2CC(=O)c3c([nH]c(C(=O)OCCSC)c3C)C2)cc(OC)c1OC. The fourth-order valence-electron chi connectivity index (χ4n) is 3.90. The van der Waals surface area contributed by atoms with Gasteiger partial charge in [0.05, 0.1) is 21.3 Å². The fraction of sp³-hybridized carbons (Fsp3) is 0.455. The number of rotatable bonds is 8. The highest BCUT2D eigenvalue weighted by Gasteiger charge is 2.33. The molecule has 8 heteroatoms. The van der Waals surface area contributed by atoms with Gasteiger partial charge >= 0.3 is 5.97 Å². The second kappa shape index (κ2) is 9.47. The van der Waals surface area contributed by atoms with E-state index >= 15 is 0 Å². The Morgan fingerprint density at radius 1 is 1.13 bits per heavy atom. The maximum atomic E-state index is 13.0. The molecule has 1 aliphatic carbocycles. The number of benzene rings is 1. The molecular weight excluding hydrogens is 406 g/mol. The summed E-state index contributed by atoms with van der Waals surface area (Å²) in [5, 5.41) is 0. The van der Waals surface area contributed by atoms with Crippen LogP contribution in [-0.2, 0) is 11.2 Å². The van der Waals surface area contributed by atoms with Gasteiger partial charge in [-0.1, -0.05) is 0 Å². The number of carbonyl (C=O) groups excluding carboxylic acids is 2. The number of methoxy groups -OCH3 is 3. The van der Waals surface area contributed by atoms with E-state index in [2.05, 4.69) is 4.98 Å². The van der Waals surface area contributed by atoms with Gasteiger partial charge in [0.25, 0.3) is 0 Å². The number of thioether (sulfide) groups is 1. The number of aromatic amines is 1. The minimum atomic E-state index is -0.423. The lowest BCUT2D eigenvalue weighted by atomic mass is 9.81.